The Morgan fingerprint density at radius 1 is 0.579 bits per heavy atom. The average molecular weight is 244 g/mol. The van der Waals surface area contributed by atoms with Gasteiger partial charge in [0.2, 0.25) is 0 Å². The molecule has 19 heavy (non-hydrogen) atoms. The van der Waals surface area contributed by atoms with Crippen LogP contribution in [0.15, 0.2) is 31.0 Å². The monoisotopic (exact) mass is 244 g/mol. The molecule has 0 aliphatic rings. The second kappa shape index (κ2) is 3.65. The van der Waals surface area contributed by atoms with Crippen LogP contribution in [0, 0.1) is 0 Å². The third kappa shape index (κ3) is 1.38. The second-order valence-corrected chi connectivity index (χ2v) is 4.00. The lowest BCUT2D eigenvalue weighted by molar-refractivity contribution is 1.25. The van der Waals surface area contributed by atoms with Crippen LogP contribution in [-0.4, -0.2) is 37.8 Å². The summed E-state index contributed by atoms with van der Waals surface area (Å²) < 4.78 is 0. The molecule has 0 saturated heterocycles. The van der Waals surface area contributed by atoms with E-state index < -0.39 is 0 Å². The van der Waals surface area contributed by atoms with Gasteiger partial charge >= 0.3 is 0 Å². The van der Waals surface area contributed by atoms with Crippen molar-refractivity contribution >= 4 is 46.5 Å². The van der Waals surface area contributed by atoms with Crippen molar-refractivity contribution in [1.29, 1.82) is 0 Å². The lowest BCUT2D eigenvalue weighted by Gasteiger charge is -2.05. The Labute approximate surface area is 108 Å². The fourth-order valence-electron chi connectivity index (χ4n) is 2.11. The molecule has 3 heterocycles. The lowest BCUT2D eigenvalue weighted by atomic mass is 10.1. The van der Waals surface area contributed by atoms with E-state index in [-0.39, 0.29) is 0 Å². The highest BCUT2D eigenvalue weighted by atomic mass is 14.9. The number of fused-ring (bicyclic) bond motifs is 6. The highest BCUT2D eigenvalue weighted by Gasteiger charge is 2.13. The Morgan fingerprint density at radius 3 is 1.53 bits per heavy atom. The zero-order valence-corrected chi connectivity index (χ0v) is 9.65. The summed E-state index contributed by atoms with van der Waals surface area (Å²) in [6, 6.07) is 0. The Morgan fingerprint density at radius 2 is 1.00 bits per heavy atom. The van der Waals surface area contributed by atoms with Gasteiger partial charge in [-0.2, -0.15) is 0 Å². The van der Waals surface area contributed by atoms with E-state index in [1.165, 1.54) is 6.20 Å². The molecule has 1 aromatic carbocycles. The molecule has 0 aliphatic heterocycles. The number of nitrogens with zero attached hydrogens (tertiary/aromatic N) is 6. The molecule has 0 amide bonds. The normalized spacial score (nSPS) is 11.4. The Kier molecular flexibility index (Phi) is 1.97. The Balaban J connectivity index is 2.43. The van der Waals surface area contributed by atoms with Crippen molar-refractivity contribution in [1.82, 2.24) is 29.9 Å². The SMILES string of the molecule is [B]c1cnc2c3nccnc3c3nccnc3c2n1. The summed E-state index contributed by atoms with van der Waals surface area (Å²) in [5.74, 6) is 0. The van der Waals surface area contributed by atoms with E-state index in [2.05, 4.69) is 29.9 Å². The zero-order valence-electron chi connectivity index (χ0n) is 9.65. The van der Waals surface area contributed by atoms with Gasteiger partial charge in [-0.25, -0.2) is 0 Å². The van der Waals surface area contributed by atoms with Crippen molar-refractivity contribution < 1.29 is 0 Å². The van der Waals surface area contributed by atoms with Crippen LogP contribution < -0.4 is 5.59 Å². The molecule has 0 unspecified atom stereocenters. The molecule has 0 fully saturated rings. The minimum absolute atomic E-state index is 0.336. The van der Waals surface area contributed by atoms with E-state index >= 15 is 0 Å². The molecule has 4 rings (SSSR count). The molecular formula is C12H5BN6. The summed E-state index contributed by atoms with van der Waals surface area (Å²) in [4.78, 5) is 25.9. The average Bonchev–Trinajstić information content (AvgIpc) is 2.47. The molecule has 86 valence electrons. The van der Waals surface area contributed by atoms with Crippen LogP contribution in [0.1, 0.15) is 0 Å². The number of hydrogen-bond donors (Lipinski definition) is 0. The molecule has 0 spiro atoms. The standard InChI is InChI=1S/C12H5BN6/c13-6-5-18-11-9-7(14-1-2-16-9)8-10(12(11)19-6)17-4-3-15-8/h1-5H. The van der Waals surface area contributed by atoms with Crippen LogP contribution in [-0.2, 0) is 0 Å². The lowest BCUT2D eigenvalue weighted by Crippen LogP contribution is -2.09. The van der Waals surface area contributed by atoms with Gasteiger partial charge in [0.05, 0.1) is 0 Å². The van der Waals surface area contributed by atoms with Crippen molar-refractivity contribution in [2.24, 2.45) is 0 Å². The van der Waals surface area contributed by atoms with Crippen LogP contribution in [0.4, 0.5) is 0 Å². The van der Waals surface area contributed by atoms with Gasteiger partial charge in [-0.15, -0.1) is 0 Å². The van der Waals surface area contributed by atoms with Crippen LogP contribution in [0.2, 0.25) is 0 Å². The van der Waals surface area contributed by atoms with Gasteiger partial charge in [0.25, 0.3) is 0 Å². The number of rotatable bonds is 0. The quantitative estimate of drug-likeness (QED) is 0.327. The Hall–Kier alpha value is -2.70. The van der Waals surface area contributed by atoms with E-state index in [1.54, 1.807) is 24.8 Å². The van der Waals surface area contributed by atoms with Gasteiger partial charge < -0.3 is 0 Å². The first-order chi connectivity index (χ1) is 9.34. The van der Waals surface area contributed by atoms with Gasteiger partial charge in [0.1, 0.15) is 40.9 Å². The van der Waals surface area contributed by atoms with Crippen molar-refractivity contribution in [3.8, 4) is 0 Å². The van der Waals surface area contributed by atoms with Gasteiger partial charge in [-0.1, -0.05) is 0 Å². The third-order valence-corrected chi connectivity index (χ3v) is 2.86. The summed E-state index contributed by atoms with van der Waals surface area (Å²) in [5.41, 5.74) is 4.16. The highest BCUT2D eigenvalue weighted by Crippen LogP contribution is 2.26. The van der Waals surface area contributed by atoms with Crippen LogP contribution in [0.25, 0.3) is 33.1 Å². The molecule has 6 nitrogen and oxygen atoms in total. The van der Waals surface area contributed by atoms with E-state index in [1.807, 2.05) is 0 Å². The molecule has 3 aromatic heterocycles. The van der Waals surface area contributed by atoms with Crippen LogP contribution >= 0.6 is 0 Å². The largest absolute Gasteiger partial charge is 0.259 e. The molecule has 0 N–H and O–H groups in total. The number of aromatic nitrogens is 6. The van der Waals surface area contributed by atoms with Gasteiger partial charge in [-0.3, -0.25) is 29.9 Å². The minimum atomic E-state index is 0.336. The highest BCUT2D eigenvalue weighted by molar-refractivity contribution is 6.31. The minimum Gasteiger partial charge on any atom is -0.259 e. The summed E-state index contributed by atoms with van der Waals surface area (Å²) in [6.07, 6.45) is 7.95. The summed E-state index contributed by atoms with van der Waals surface area (Å²) >= 11 is 0. The maximum absolute atomic E-state index is 5.70. The zero-order chi connectivity index (χ0) is 12.8. The molecular weight excluding hydrogens is 239 g/mol. The summed E-state index contributed by atoms with van der Waals surface area (Å²) in [5, 5.41) is 0. The number of hydrogen-bond acceptors (Lipinski definition) is 6. The van der Waals surface area contributed by atoms with Crippen molar-refractivity contribution in [3.63, 3.8) is 0 Å². The van der Waals surface area contributed by atoms with Crippen LogP contribution in [0.5, 0.6) is 0 Å². The molecule has 7 heteroatoms. The molecule has 0 atom stereocenters. The van der Waals surface area contributed by atoms with Gasteiger partial charge in [0.15, 0.2) is 0 Å². The maximum atomic E-state index is 5.70. The van der Waals surface area contributed by atoms with E-state index in [9.17, 15) is 0 Å². The van der Waals surface area contributed by atoms with E-state index in [0.29, 0.717) is 38.7 Å². The topological polar surface area (TPSA) is 77.3 Å². The first kappa shape index (κ1) is 10.2. The predicted molar refractivity (Wildman–Crippen MR) is 71.1 cm³/mol. The van der Waals surface area contributed by atoms with Crippen molar-refractivity contribution in [3.05, 3.63) is 31.0 Å². The van der Waals surface area contributed by atoms with Crippen molar-refractivity contribution in [2.75, 3.05) is 0 Å². The first-order valence-corrected chi connectivity index (χ1v) is 5.60. The summed E-state index contributed by atoms with van der Waals surface area (Å²) in [7, 11) is 5.70. The molecule has 0 bridgehead atoms. The molecule has 2 radical (unpaired) electrons. The fraction of sp³-hybridized carbons (Fsp3) is 0. The second-order valence-electron chi connectivity index (χ2n) is 4.00. The van der Waals surface area contributed by atoms with E-state index in [0.717, 1.165) is 0 Å². The van der Waals surface area contributed by atoms with Crippen LogP contribution in [0.3, 0.4) is 0 Å². The molecule has 0 saturated carbocycles. The summed E-state index contributed by atoms with van der Waals surface area (Å²) in [6.45, 7) is 0. The van der Waals surface area contributed by atoms with Gasteiger partial charge in [0, 0.05) is 36.6 Å². The maximum Gasteiger partial charge on any atom is 0.143 e. The van der Waals surface area contributed by atoms with Crippen molar-refractivity contribution in [2.45, 2.75) is 0 Å². The van der Waals surface area contributed by atoms with Gasteiger partial charge in [-0.05, 0) is 0 Å². The molecule has 4 aromatic rings. The third-order valence-electron chi connectivity index (χ3n) is 2.86. The van der Waals surface area contributed by atoms with E-state index in [4.69, 9.17) is 7.85 Å². The Bertz CT molecular complexity index is 904. The molecule has 0 aliphatic carbocycles. The first-order valence-electron chi connectivity index (χ1n) is 5.60. The predicted octanol–water partition coefficient (Wildman–Crippen LogP) is 0.310. The smallest absolute Gasteiger partial charge is 0.143 e. The fourth-order valence-corrected chi connectivity index (χ4v) is 2.11. The number of benzene rings is 1.